The Morgan fingerprint density at radius 1 is 1.29 bits per heavy atom. The van der Waals surface area contributed by atoms with Gasteiger partial charge in [-0.1, -0.05) is 13.8 Å². The topological polar surface area (TPSA) is 70.4 Å². The average molecular weight is 409 g/mol. The van der Waals surface area contributed by atoms with Gasteiger partial charge in [-0.05, 0) is 20.0 Å². The summed E-state index contributed by atoms with van der Waals surface area (Å²) in [5.74, 6) is 1.67. The van der Waals surface area contributed by atoms with E-state index in [4.69, 9.17) is 0 Å². The van der Waals surface area contributed by atoms with Crippen LogP contribution in [0.25, 0.3) is 0 Å². The number of likely N-dealkylation sites (N-methyl/N-ethyl adjacent to an activating group) is 1. The van der Waals surface area contributed by atoms with Crippen molar-refractivity contribution in [1.29, 1.82) is 0 Å². The van der Waals surface area contributed by atoms with Crippen molar-refractivity contribution in [2.75, 3.05) is 32.7 Å². The first-order chi connectivity index (χ1) is 9.71. The Hall–Kier alpha value is -0.900. The Morgan fingerprint density at radius 3 is 2.52 bits per heavy atom. The largest absolute Gasteiger partial charge is 0.357 e. The molecule has 0 aliphatic carbocycles. The van der Waals surface area contributed by atoms with Gasteiger partial charge in [-0.2, -0.15) is 5.10 Å². The molecule has 0 aliphatic rings. The van der Waals surface area contributed by atoms with Gasteiger partial charge in [0.05, 0.1) is 0 Å². The van der Waals surface area contributed by atoms with Crippen LogP contribution in [0.5, 0.6) is 0 Å². The molecule has 0 saturated heterocycles. The summed E-state index contributed by atoms with van der Waals surface area (Å²) in [7, 11) is 1.87. The number of aliphatic imine (C=N–C) groups is 1. The summed E-state index contributed by atoms with van der Waals surface area (Å²) in [6.07, 6.45) is 1.55. The van der Waals surface area contributed by atoms with Crippen LogP contribution in [0.3, 0.4) is 0 Å². The van der Waals surface area contributed by atoms with E-state index in [2.05, 4.69) is 51.4 Å². The lowest BCUT2D eigenvalue weighted by molar-refractivity contribution is 0.308. The van der Waals surface area contributed by atoms with Crippen LogP contribution in [-0.4, -0.2) is 58.3 Å². The van der Waals surface area contributed by atoms with Crippen molar-refractivity contribution in [3.05, 3.63) is 12.2 Å². The highest BCUT2D eigenvalue weighted by atomic mass is 127. The van der Waals surface area contributed by atoms with Gasteiger partial charge in [0.25, 0.3) is 0 Å². The van der Waals surface area contributed by atoms with E-state index in [1.165, 1.54) is 0 Å². The van der Waals surface area contributed by atoms with E-state index in [1.807, 2.05) is 7.05 Å². The Bertz CT molecular complexity index is 401. The molecular weight excluding hydrogens is 381 g/mol. The molecule has 1 heterocycles. The van der Waals surface area contributed by atoms with Gasteiger partial charge in [0, 0.05) is 26.7 Å². The highest BCUT2D eigenvalue weighted by Crippen LogP contribution is 1.93. The fourth-order valence-corrected chi connectivity index (χ4v) is 1.83. The van der Waals surface area contributed by atoms with E-state index >= 15 is 0 Å². The van der Waals surface area contributed by atoms with Crippen LogP contribution in [0, 0.1) is 0 Å². The molecule has 1 aromatic rings. The first kappa shape index (κ1) is 20.1. The number of nitrogens with zero attached hydrogens (tertiary/aromatic N) is 5. The van der Waals surface area contributed by atoms with Crippen LogP contribution >= 0.6 is 24.0 Å². The molecule has 8 heteroatoms. The zero-order valence-corrected chi connectivity index (χ0v) is 15.8. The number of aryl methyl sites for hydroxylation is 1. The van der Waals surface area contributed by atoms with Crippen molar-refractivity contribution in [1.82, 2.24) is 30.3 Å². The zero-order valence-electron chi connectivity index (χ0n) is 13.5. The molecule has 0 amide bonds. The average Bonchev–Trinajstić information content (AvgIpc) is 2.86. The minimum absolute atomic E-state index is 0. The highest BCUT2D eigenvalue weighted by molar-refractivity contribution is 14.0. The number of hydrogen-bond donors (Lipinski definition) is 2. The molecule has 0 unspecified atom stereocenters. The van der Waals surface area contributed by atoms with Gasteiger partial charge in [0.15, 0.2) is 5.96 Å². The molecule has 1 rings (SSSR count). The number of hydrogen-bond acceptors (Lipinski definition) is 4. The molecule has 0 radical (unpaired) electrons. The summed E-state index contributed by atoms with van der Waals surface area (Å²) in [5.41, 5.74) is 0. The second-order valence-electron chi connectivity index (χ2n) is 4.45. The Kier molecular flexibility index (Phi) is 11.2. The first-order valence-electron chi connectivity index (χ1n) is 7.28. The van der Waals surface area contributed by atoms with Gasteiger partial charge >= 0.3 is 0 Å². The number of nitrogens with one attached hydrogen (secondary N) is 2. The molecule has 0 aromatic carbocycles. The van der Waals surface area contributed by atoms with E-state index in [9.17, 15) is 0 Å². The first-order valence-corrected chi connectivity index (χ1v) is 7.28. The van der Waals surface area contributed by atoms with Crippen molar-refractivity contribution in [3.63, 3.8) is 0 Å². The SMILES string of the molecule is CCNC(=NCc1ncnn1C)NCCN(CC)CC.I. The predicted molar refractivity (Wildman–Crippen MR) is 97.0 cm³/mol. The van der Waals surface area contributed by atoms with Gasteiger partial charge in [-0.15, -0.1) is 24.0 Å². The highest BCUT2D eigenvalue weighted by Gasteiger charge is 2.02. The lowest BCUT2D eigenvalue weighted by atomic mass is 10.4. The van der Waals surface area contributed by atoms with Crippen LogP contribution in [0.1, 0.15) is 26.6 Å². The third-order valence-electron chi connectivity index (χ3n) is 3.14. The van der Waals surface area contributed by atoms with Gasteiger partial charge in [0.2, 0.25) is 0 Å². The second-order valence-corrected chi connectivity index (χ2v) is 4.45. The third kappa shape index (κ3) is 7.60. The minimum atomic E-state index is 0. The van der Waals surface area contributed by atoms with Crippen LogP contribution in [-0.2, 0) is 13.6 Å². The van der Waals surface area contributed by atoms with Gasteiger partial charge in [-0.25, -0.2) is 9.98 Å². The molecule has 0 atom stereocenters. The summed E-state index contributed by atoms with van der Waals surface area (Å²) < 4.78 is 1.74. The van der Waals surface area contributed by atoms with E-state index in [1.54, 1.807) is 11.0 Å². The molecule has 0 fully saturated rings. The van der Waals surface area contributed by atoms with Crippen molar-refractivity contribution in [2.24, 2.45) is 12.0 Å². The third-order valence-corrected chi connectivity index (χ3v) is 3.14. The van der Waals surface area contributed by atoms with E-state index in [0.717, 1.165) is 44.5 Å². The predicted octanol–water partition coefficient (Wildman–Crippen LogP) is 0.830. The van der Waals surface area contributed by atoms with Crippen molar-refractivity contribution < 1.29 is 0 Å². The van der Waals surface area contributed by atoms with Crippen molar-refractivity contribution in [2.45, 2.75) is 27.3 Å². The summed E-state index contributed by atoms with van der Waals surface area (Å²) in [6.45, 7) is 11.8. The van der Waals surface area contributed by atoms with E-state index < -0.39 is 0 Å². The van der Waals surface area contributed by atoms with E-state index in [-0.39, 0.29) is 24.0 Å². The molecule has 7 nitrogen and oxygen atoms in total. The maximum absolute atomic E-state index is 4.52. The van der Waals surface area contributed by atoms with Crippen LogP contribution in [0.15, 0.2) is 11.3 Å². The van der Waals surface area contributed by atoms with Crippen LogP contribution in [0.4, 0.5) is 0 Å². The van der Waals surface area contributed by atoms with Gasteiger partial charge in [0.1, 0.15) is 18.7 Å². The fourth-order valence-electron chi connectivity index (χ4n) is 1.83. The standard InChI is InChI=1S/C13H27N7.HI/c1-5-14-13(15-8-9-20(6-2)7-3)16-10-12-17-11-18-19(12)4;/h11H,5-10H2,1-4H3,(H2,14,15,16);1H. The molecule has 0 bridgehead atoms. The summed E-state index contributed by atoms with van der Waals surface area (Å²) >= 11 is 0. The summed E-state index contributed by atoms with van der Waals surface area (Å²) in [6, 6.07) is 0. The number of guanidine groups is 1. The molecule has 0 spiro atoms. The molecule has 1 aromatic heterocycles. The number of aromatic nitrogens is 3. The Morgan fingerprint density at radius 2 is 2.00 bits per heavy atom. The second kappa shape index (κ2) is 11.7. The zero-order chi connectivity index (χ0) is 14.8. The van der Waals surface area contributed by atoms with Gasteiger partial charge in [-0.3, -0.25) is 4.68 Å². The lowest BCUT2D eigenvalue weighted by Gasteiger charge is -2.19. The maximum atomic E-state index is 4.52. The summed E-state index contributed by atoms with van der Waals surface area (Å²) in [4.78, 5) is 11.1. The van der Waals surface area contributed by atoms with E-state index in [0.29, 0.717) is 6.54 Å². The Balaban J connectivity index is 0.00000400. The lowest BCUT2D eigenvalue weighted by Crippen LogP contribution is -2.41. The number of rotatable bonds is 8. The van der Waals surface area contributed by atoms with Crippen LogP contribution in [0.2, 0.25) is 0 Å². The van der Waals surface area contributed by atoms with Crippen LogP contribution < -0.4 is 10.6 Å². The smallest absolute Gasteiger partial charge is 0.191 e. The maximum Gasteiger partial charge on any atom is 0.191 e. The molecule has 0 saturated carbocycles. The normalized spacial score (nSPS) is 11.4. The minimum Gasteiger partial charge on any atom is -0.357 e. The van der Waals surface area contributed by atoms with Gasteiger partial charge < -0.3 is 15.5 Å². The fraction of sp³-hybridized carbons (Fsp3) is 0.769. The molecule has 122 valence electrons. The Labute approximate surface area is 144 Å². The molecule has 0 aliphatic heterocycles. The molecular formula is C13H28IN7. The molecule has 2 N–H and O–H groups in total. The number of halogens is 1. The van der Waals surface area contributed by atoms with Crippen molar-refractivity contribution >= 4 is 29.9 Å². The summed E-state index contributed by atoms with van der Waals surface area (Å²) in [5, 5.41) is 10.6. The quantitative estimate of drug-likeness (QED) is 0.378. The molecule has 21 heavy (non-hydrogen) atoms. The van der Waals surface area contributed by atoms with Crippen molar-refractivity contribution in [3.8, 4) is 0 Å². The monoisotopic (exact) mass is 409 g/mol.